The first-order valence-electron chi connectivity index (χ1n) is 11.7. The van der Waals surface area contributed by atoms with Gasteiger partial charge in [0.2, 0.25) is 5.95 Å². The lowest BCUT2D eigenvalue weighted by Crippen LogP contribution is -2.58. The molecule has 3 aromatic heterocycles. The minimum atomic E-state index is -0.306. The fourth-order valence-electron chi connectivity index (χ4n) is 4.87. The predicted molar refractivity (Wildman–Crippen MR) is 130 cm³/mol. The van der Waals surface area contributed by atoms with E-state index in [1.807, 2.05) is 6.20 Å². The lowest BCUT2D eigenvalue weighted by Gasteiger charge is -2.43. The van der Waals surface area contributed by atoms with Crippen molar-refractivity contribution in [2.24, 2.45) is 0 Å². The number of aromatic nitrogens is 5. The summed E-state index contributed by atoms with van der Waals surface area (Å²) in [6.07, 6.45) is 3.33. The van der Waals surface area contributed by atoms with Crippen molar-refractivity contribution < 1.29 is 9.53 Å². The Morgan fingerprint density at radius 2 is 1.79 bits per heavy atom. The van der Waals surface area contributed by atoms with Crippen molar-refractivity contribution in [3.63, 3.8) is 0 Å². The number of carbonyl (C=O) groups is 1. The van der Waals surface area contributed by atoms with Crippen LogP contribution in [0, 0.1) is 0 Å². The average Bonchev–Trinajstić information content (AvgIpc) is 3.27. The molecule has 1 amide bonds. The van der Waals surface area contributed by atoms with Gasteiger partial charge in [0.05, 0.1) is 13.3 Å². The highest BCUT2D eigenvalue weighted by molar-refractivity contribution is 5.89. The number of ether oxygens (including phenoxy) is 1. The zero-order chi connectivity index (χ0) is 23.8. The standard InChI is InChI=1S/C23H31N9O2/c1-15-13-31(23(33)34-4)14-16(2)32(15)22-25-12-18-21(26-22)20(28-27-18)17-5-6-19(24-11-17)30-9-7-29(3)8-10-30/h5-6,11-12,15-16H,7-10,13-14H2,1-4H3,(H,27,28)/t15-,16+. The molecule has 3 aromatic rings. The van der Waals surface area contributed by atoms with Crippen LogP contribution in [0.4, 0.5) is 16.6 Å². The van der Waals surface area contributed by atoms with E-state index in [9.17, 15) is 4.79 Å². The Morgan fingerprint density at radius 1 is 1.06 bits per heavy atom. The first kappa shape index (κ1) is 22.3. The lowest BCUT2D eigenvalue weighted by atomic mass is 10.1. The molecule has 0 unspecified atom stereocenters. The minimum Gasteiger partial charge on any atom is -0.453 e. The van der Waals surface area contributed by atoms with Crippen LogP contribution in [-0.4, -0.2) is 107 Å². The Balaban J connectivity index is 1.40. The van der Waals surface area contributed by atoms with E-state index in [-0.39, 0.29) is 18.2 Å². The number of methoxy groups -OCH3 is 1. The van der Waals surface area contributed by atoms with Crippen molar-refractivity contribution in [3.8, 4) is 11.3 Å². The summed E-state index contributed by atoms with van der Waals surface area (Å²) in [5.41, 5.74) is 3.19. The van der Waals surface area contributed by atoms with Gasteiger partial charge in [0.15, 0.2) is 0 Å². The van der Waals surface area contributed by atoms with Gasteiger partial charge in [-0.25, -0.2) is 19.7 Å². The molecule has 0 saturated carbocycles. The highest BCUT2D eigenvalue weighted by Gasteiger charge is 2.34. The Labute approximate surface area is 198 Å². The summed E-state index contributed by atoms with van der Waals surface area (Å²) in [5.74, 6) is 1.61. The zero-order valence-corrected chi connectivity index (χ0v) is 20.1. The molecule has 5 heterocycles. The van der Waals surface area contributed by atoms with Crippen molar-refractivity contribution in [1.82, 2.24) is 34.9 Å². The van der Waals surface area contributed by atoms with Crippen molar-refractivity contribution in [1.29, 1.82) is 0 Å². The molecule has 180 valence electrons. The number of fused-ring (bicyclic) bond motifs is 1. The quantitative estimate of drug-likeness (QED) is 0.620. The molecule has 2 fully saturated rings. The molecule has 0 bridgehead atoms. The van der Waals surface area contributed by atoms with Crippen LogP contribution in [0.25, 0.3) is 22.3 Å². The Hall–Kier alpha value is -3.47. The van der Waals surface area contributed by atoms with Gasteiger partial charge in [-0.1, -0.05) is 0 Å². The molecule has 2 atom stereocenters. The zero-order valence-electron chi connectivity index (χ0n) is 20.1. The van der Waals surface area contributed by atoms with Crippen LogP contribution < -0.4 is 9.80 Å². The SMILES string of the molecule is COC(=O)N1C[C@@H](C)N(c2ncc3[nH]nc(-c4ccc(N5CCN(C)CC5)nc4)c3n2)[C@@H](C)C1. The van der Waals surface area contributed by atoms with Gasteiger partial charge in [-0.15, -0.1) is 0 Å². The van der Waals surface area contributed by atoms with Crippen LogP contribution in [0.3, 0.4) is 0 Å². The molecule has 11 nitrogen and oxygen atoms in total. The van der Waals surface area contributed by atoms with E-state index in [0.717, 1.165) is 54.3 Å². The van der Waals surface area contributed by atoms with Gasteiger partial charge in [0, 0.05) is 63.1 Å². The third-order valence-electron chi connectivity index (χ3n) is 6.72. The monoisotopic (exact) mass is 465 g/mol. The number of rotatable bonds is 3. The van der Waals surface area contributed by atoms with E-state index in [2.05, 4.69) is 62.9 Å². The fraction of sp³-hybridized carbons (Fsp3) is 0.522. The summed E-state index contributed by atoms with van der Waals surface area (Å²) >= 11 is 0. The summed E-state index contributed by atoms with van der Waals surface area (Å²) in [5, 5.41) is 7.56. The first-order valence-corrected chi connectivity index (χ1v) is 11.7. The number of carbonyl (C=O) groups excluding carboxylic acids is 1. The molecule has 0 spiro atoms. The molecule has 2 saturated heterocycles. The molecular formula is C23H31N9O2. The Bertz CT molecular complexity index is 1140. The number of pyridine rings is 1. The summed E-state index contributed by atoms with van der Waals surface area (Å²) in [7, 11) is 3.56. The minimum absolute atomic E-state index is 0.0418. The molecule has 0 radical (unpaired) electrons. The van der Waals surface area contributed by atoms with E-state index in [0.29, 0.717) is 19.0 Å². The van der Waals surface area contributed by atoms with Crippen LogP contribution in [0.1, 0.15) is 13.8 Å². The van der Waals surface area contributed by atoms with Crippen LogP contribution in [0.15, 0.2) is 24.5 Å². The number of nitrogens with zero attached hydrogens (tertiary/aromatic N) is 8. The fourth-order valence-corrected chi connectivity index (χ4v) is 4.87. The maximum Gasteiger partial charge on any atom is 0.409 e. The number of amides is 1. The second-order valence-corrected chi connectivity index (χ2v) is 9.18. The number of piperazine rings is 2. The molecule has 11 heteroatoms. The first-order chi connectivity index (χ1) is 16.4. The third-order valence-corrected chi connectivity index (χ3v) is 6.72. The number of anilines is 2. The number of aromatic amines is 1. The number of nitrogens with one attached hydrogen (secondary N) is 1. The van der Waals surface area contributed by atoms with Crippen molar-refractivity contribution in [3.05, 3.63) is 24.5 Å². The molecule has 5 rings (SSSR count). The number of likely N-dealkylation sites (N-methyl/N-ethyl adjacent to an activating group) is 1. The maximum absolute atomic E-state index is 12.0. The van der Waals surface area contributed by atoms with Crippen LogP contribution in [0.5, 0.6) is 0 Å². The maximum atomic E-state index is 12.0. The van der Waals surface area contributed by atoms with Gasteiger partial charge in [-0.2, -0.15) is 5.10 Å². The van der Waals surface area contributed by atoms with Crippen molar-refractivity contribution in [2.75, 3.05) is 63.2 Å². The molecule has 0 aromatic carbocycles. The Kier molecular flexibility index (Phi) is 5.94. The van der Waals surface area contributed by atoms with E-state index in [4.69, 9.17) is 14.7 Å². The second kappa shape index (κ2) is 9.05. The molecule has 0 aliphatic carbocycles. The van der Waals surface area contributed by atoms with E-state index < -0.39 is 0 Å². The highest BCUT2D eigenvalue weighted by Crippen LogP contribution is 2.29. The third kappa shape index (κ3) is 4.11. The Morgan fingerprint density at radius 3 is 2.44 bits per heavy atom. The number of hydrogen-bond donors (Lipinski definition) is 1. The average molecular weight is 466 g/mol. The van der Waals surface area contributed by atoms with Gasteiger partial charge in [0.25, 0.3) is 0 Å². The van der Waals surface area contributed by atoms with Gasteiger partial charge in [-0.05, 0) is 33.0 Å². The predicted octanol–water partition coefficient (Wildman–Crippen LogP) is 1.83. The highest BCUT2D eigenvalue weighted by atomic mass is 16.5. The second-order valence-electron chi connectivity index (χ2n) is 9.18. The summed E-state index contributed by atoms with van der Waals surface area (Å²) in [6.45, 7) is 9.26. The van der Waals surface area contributed by atoms with Gasteiger partial charge >= 0.3 is 6.09 Å². The lowest BCUT2D eigenvalue weighted by molar-refractivity contribution is 0.109. The topological polar surface area (TPSA) is 107 Å². The molecule has 2 aliphatic heterocycles. The van der Waals surface area contributed by atoms with E-state index in [1.165, 1.54) is 7.11 Å². The van der Waals surface area contributed by atoms with Gasteiger partial charge in [-0.3, -0.25) is 5.10 Å². The van der Waals surface area contributed by atoms with Crippen molar-refractivity contribution in [2.45, 2.75) is 25.9 Å². The summed E-state index contributed by atoms with van der Waals surface area (Å²) < 4.78 is 4.90. The summed E-state index contributed by atoms with van der Waals surface area (Å²) in [6, 6.07) is 4.19. The smallest absolute Gasteiger partial charge is 0.409 e. The van der Waals surface area contributed by atoms with Crippen LogP contribution >= 0.6 is 0 Å². The normalized spacial score (nSPS) is 21.8. The molecule has 2 aliphatic rings. The van der Waals surface area contributed by atoms with E-state index >= 15 is 0 Å². The van der Waals surface area contributed by atoms with Crippen LogP contribution in [-0.2, 0) is 4.74 Å². The largest absolute Gasteiger partial charge is 0.453 e. The van der Waals surface area contributed by atoms with Gasteiger partial charge in [0.1, 0.15) is 22.5 Å². The summed E-state index contributed by atoms with van der Waals surface area (Å²) in [4.78, 5) is 34.7. The number of H-pyrrole nitrogens is 1. The van der Waals surface area contributed by atoms with Crippen molar-refractivity contribution >= 4 is 28.9 Å². The molecule has 1 N–H and O–H groups in total. The molecular weight excluding hydrogens is 434 g/mol. The van der Waals surface area contributed by atoms with Gasteiger partial charge < -0.3 is 24.3 Å². The van der Waals surface area contributed by atoms with Crippen LogP contribution in [0.2, 0.25) is 0 Å². The van der Waals surface area contributed by atoms with E-state index in [1.54, 1.807) is 11.1 Å². The molecule has 34 heavy (non-hydrogen) atoms. The number of hydrogen-bond acceptors (Lipinski definition) is 9.